The zero-order valence-electron chi connectivity index (χ0n) is 12.0. The standard InChI is InChI=1S/C15H22N2O2S/c1-11(2)15-12(5-8-19-15)9-17-14(18)10-20-13-3-6-16-7-4-13/h3-4,6-7,11-12,15H,5,8-10H2,1-2H3,(H,17,18)/t12-,15-/m1/s1. The summed E-state index contributed by atoms with van der Waals surface area (Å²) in [5.74, 6) is 1.49. The van der Waals surface area contributed by atoms with Crippen LogP contribution in [-0.2, 0) is 9.53 Å². The van der Waals surface area contributed by atoms with E-state index in [2.05, 4.69) is 24.1 Å². The molecule has 2 atom stereocenters. The maximum atomic E-state index is 11.9. The summed E-state index contributed by atoms with van der Waals surface area (Å²) in [7, 11) is 0. The first-order chi connectivity index (χ1) is 9.66. The van der Waals surface area contributed by atoms with Crippen molar-refractivity contribution in [1.82, 2.24) is 10.3 Å². The van der Waals surface area contributed by atoms with Crippen molar-refractivity contribution in [3.8, 4) is 0 Å². The molecule has 0 aliphatic carbocycles. The van der Waals surface area contributed by atoms with Gasteiger partial charge in [-0.05, 0) is 24.5 Å². The van der Waals surface area contributed by atoms with E-state index in [0.29, 0.717) is 17.6 Å². The highest BCUT2D eigenvalue weighted by Gasteiger charge is 2.30. The van der Waals surface area contributed by atoms with E-state index in [1.54, 1.807) is 12.4 Å². The molecule has 1 N–H and O–H groups in total. The Morgan fingerprint density at radius 3 is 2.95 bits per heavy atom. The number of carbonyl (C=O) groups is 1. The van der Waals surface area contributed by atoms with Gasteiger partial charge in [0.15, 0.2) is 0 Å². The third-order valence-corrected chi connectivity index (χ3v) is 4.51. The van der Waals surface area contributed by atoms with Gasteiger partial charge < -0.3 is 10.1 Å². The van der Waals surface area contributed by atoms with E-state index >= 15 is 0 Å². The van der Waals surface area contributed by atoms with Crippen LogP contribution in [0.15, 0.2) is 29.4 Å². The molecule has 110 valence electrons. The normalized spacial score (nSPS) is 22.1. The lowest BCUT2D eigenvalue weighted by atomic mass is 9.93. The molecular formula is C15H22N2O2S. The smallest absolute Gasteiger partial charge is 0.230 e. The van der Waals surface area contributed by atoms with Gasteiger partial charge in [0.25, 0.3) is 0 Å². The number of pyridine rings is 1. The van der Waals surface area contributed by atoms with E-state index < -0.39 is 0 Å². The lowest BCUT2D eigenvalue weighted by Crippen LogP contribution is -2.35. The summed E-state index contributed by atoms with van der Waals surface area (Å²) < 4.78 is 5.73. The molecule has 1 aliphatic rings. The minimum atomic E-state index is 0.0845. The van der Waals surface area contributed by atoms with Crippen LogP contribution >= 0.6 is 11.8 Å². The first-order valence-electron chi connectivity index (χ1n) is 7.08. The van der Waals surface area contributed by atoms with Crippen LogP contribution in [0.1, 0.15) is 20.3 Å². The monoisotopic (exact) mass is 294 g/mol. The zero-order chi connectivity index (χ0) is 14.4. The van der Waals surface area contributed by atoms with Crippen molar-refractivity contribution in [2.45, 2.75) is 31.3 Å². The largest absolute Gasteiger partial charge is 0.378 e. The molecule has 1 saturated heterocycles. The van der Waals surface area contributed by atoms with E-state index in [9.17, 15) is 4.79 Å². The quantitative estimate of drug-likeness (QED) is 0.818. The Morgan fingerprint density at radius 1 is 1.50 bits per heavy atom. The molecule has 20 heavy (non-hydrogen) atoms. The molecule has 1 aromatic rings. The van der Waals surface area contributed by atoms with Gasteiger partial charge >= 0.3 is 0 Å². The van der Waals surface area contributed by atoms with Crippen LogP contribution in [0.25, 0.3) is 0 Å². The number of aromatic nitrogens is 1. The number of amides is 1. The summed E-state index contributed by atoms with van der Waals surface area (Å²) in [5.41, 5.74) is 0. The average molecular weight is 294 g/mol. The molecule has 0 saturated carbocycles. The summed E-state index contributed by atoms with van der Waals surface area (Å²) >= 11 is 1.53. The van der Waals surface area contributed by atoms with Crippen molar-refractivity contribution in [1.29, 1.82) is 0 Å². The first-order valence-corrected chi connectivity index (χ1v) is 8.06. The predicted molar refractivity (Wildman–Crippen MR) is 80.7 cm³/mol. The molecule has 4 nitrogen and oxygen atoms in total. The molecule has 2 rings (SSSR count). The number of carbonyl (C=O) groups excluding carboxylic acids is 1. The SMILES string of the molecule is CC(C)[C@H]1OCC[C@@H]1CNC(=O)CSc1ccncc1. The van der Waals surface area contributed by atoms with Gasteiger partial charge in [0, 0.05) is 36.4 Å². The Hall–Kier alpha value is -1.07. The van der Waals surface area contributed by atoms with Crippen molar-refractivity contribution in [2.75, 3.05) is 18.9 Å². The third-order valence-electron chi connectivity index (χ3n) is 3.50. The molecule has 1 aromatic heterocycles. The molecular weight excluding hydrogens is 272 g/mol. The number of nitrogens with one attached hydrogen (secondary N) is 1. The van der Waals surface area contributed by atoms with Crippen LogP contribution in [0.4, 0.5) is 0 Å². The lowest BCUT2D eigenvalue weighted by Gasteiger charge is -2.22. The second-order valence-corrected chi connectivity index (χ2v) is 6.45. The highest BCUT2D eigenvalue weighted by molar-refractivity contribution is 8.00. The van der Waals surface area contributed by atoms with Gasteiger partial charge in [-0.15, -0.1) is 11.8 Å². The maximum Gasteiger partial charge on any atom is 0.230 e. The van der Waals surface area contributed by atoms with E-state index in [1.165, 1.54) is 11.8 Å². The van der Waals surface area contributed by atoms with E-state index in [1.807, 2.05) is 12.1 Å². The Bertz CT molecular complexity index is 425. The van der Waals surface area contributed by atoms with Crippen LogP contribution in [0.5, 0.6) is 0 Å². The summed E-state index contributed by atoms with van der Waals surface area (Å²) in [6, 6.07) is 3.83. The molecule has 1 aliphatic heterocycles. The fourth-order valence-corrected chi connectivity index (χ4v) is 3.20. The summed E-state index contributed by atoms with van der Waals surface area (Å²) in [6.07, 6.45) is 4.80. The van der Waals surface area contributed by atoms with Gasteiger partial charge in [-0.1, -0.05) is 13.8 Å². The van der Waals surface area contributed by atoms with Crippen molar-refractivity contribution >= 4 is 17.7 Å². The average Bonchev–Trinajstić information content (AvgIpc) is 2.92. The highest BCUT2D eigenvalue weighted by atomic mass is 32.2. The fourth-order valence-electron chi connectivity index (χ4n) is 2.49. The number of rotatable bonds is 6. The molecule has 2 heterocycles. The number of hydrogen-bond acceptors (Lipinski definition) is 4. The summed E-state index contributed by atoms with van der Waals surface area (Å²) in [5, 5.41) is 3.02. The van der Waals surface area contributed by atoms with Crippen molar-refractivity contribution < 1.29 is 9.53 Å². The Kier molecular flexibility index (Phi) is 5.86. The molecule has 0 spiro atoms. The van der Waals surface area contributed by atoms with Crippen LogP contribution in [-0.4, -0.2) is 35.9 Å². The molecule has 1 amide bonds. The molecule has 0 bridgehead atoms. The van der Waals surface area contributed by atoms with E-state index in [0.717, 1.165) is 24.5 Å². The second-order valence-electron chi connectivity index (χ2n) is 5.40. The van der Waals surface area contributed by atoms with Gasteiger partial charge in [-0.2, -0.15) is 0 Å². The van der Waals surface area contributed by atoms with E-state index in [4.69, 9.17) is 4.74 Å². The topological polar surface area (TPSA) is 51.2 Å². The molecule has 5 heteroatoms. The van der Waals surface area contributed by atoms with Gasteiger partial charge in [-0.3, -0.25) is 9.78 Å². The Morgan fingerprint density at radius 2 is 2.25 bits per heavy atom. The van der Waals surface area contributed by atoms with Gasteiger partial charge in [0.05, 0.1) is 11.9 Å². The molecule has 0 aromatic carbocycles. The van der Waals surface area contributed by atoms with Crippen LogP contribution in [0, 0.1) is 11.8 Å². The Labute approximate surface area is 124 Å². The van der Waals surface area contributed by atoms with Crippen molar-refractivity contribution in [2.24, 2.45) is 11.8 Å². The number of hydrogen-bond donors (Lipinski definition) is 1. The zero-order valence-corrected chi connectivity index (χ0v) is 12.9. The van der Waals surface area contributed by atoms with Crippen molar-refractivity contribution in [3.63, 3.8) is 0 Å². The van der Waals surface area contributed by atoms with Crippen LogP contribution in [0.3, 0.4) is 0 Å². The van der Waals surface area contributed by atoms with Gasteiger partial charge in [-0.25, -0.2) is 0 Å². The van der Waals surface area contributed by atoms with E-state index in [-0.39, 0.29) is 12.0 Å². The van der Waals surface area contributed by atoms with Crippen molar-refractivity contribution in [3.05, 3.63) is 24.5 Å². The van der Waals surface area contributed by atoms with Crippen LogP contribution in [0.2, 0.25) is 0 Å². The molecule has 1 fully saturated rings. The van der Waals surface area contributed by atoms with Gasteiger partial charge in [0.2, 0.25) is 5.91 Å². The minimum Gasteiger partial charge on any atom is -0.378 e. The van der Waals surface area contributed by atoms with Crippen LogP contribution < -0.4 is 5.32 Å². The first kappa shape index (κ1) is 15.3. The minimum absolute atomic E-state index is 0.0845. The number of nitrogens with zero attached hydrogens (tertiary/aromatic N) is 1. The second kappa shape index (κ2) is 7.64. The highest BCUT2D eigenvalue weighted by Crippen LogP contribution is 2.26. The van der Waals surface area contributed by atoms with Gasteiger partial charge in [0.1, 0.15) is 0 Å². The third kappa shape index (κ3) is 4.49. The molecule has 0 unspecified atom stereocenters. The number of ether oxygens (including phenoxy) is 1. The maximum absolute atomic E-state index is 11.9. The fraction of sp³-hybridized carbons (Fsp3) is 0.600. The number of thioether (sulfide) groups is 1. The predicted octanol–water partition coefficient (Wildman–Crippen LogP) is 2.35. The molecule has 0 radical (unpaired) electrons. The Balaban J connectivity index is 1.70. The lowest BCUT2D eigenvalue weighted by molar-refractivity contribution is -0.118. The summed E-state index contributed by atoms with van der Waals surface area (Å²) in [4.78, 5) is 16.9. The summed E-state index contributed by atoms with van der Waals surface area (Å²) in [6.45, 7) is 5.88.